The second kappa shape index (κ2) is 6.12. The summed E-state index contributed by atoms with van der Waals surface area (Å²) in [5.74, 6) is -0.173. The third kappa shape index (κ3) is 3.69. The van der Waals surface area contributed by atoms with Gasteiger partial charge in [0.05, 0.1) is 10.6 Å². The second-order valence-electron chi connectivity index (χ2n) is 3.79. The van der Waals surface area contributed by atoms with E-state index in [-0.39, 0.29) is 11.9 Å². The van der Waals surface area contributed by atoms with Crippen LogP contribution in [0.2, 0.25) is 10.0 Å². The Labute approximate surface area is 106 Å². The van der Waals surface area contributed by atoms with Crippen molar-refractivity contribution in [2.75, 3.05) is 0 Å². The summed E-state index contributed by atoms with van der Waals surface area (Å²) >= 11 is 11.8. The van der Waals surface area contributed by atoms with Crippen LogP contribution < -0.4 is 5.32 Å². The van der Waals surface area contributed by atoms with E-state index in [1.54, 1.807) is 18.2 Å². The lowest BCUT2D eigenvalue weighted by atomic mass is 10.1. The topological polar surface area (TPSA) is 29.1 Å². The van der Waals surface area contributed by atoms with Crippen LogP contribution in [0, 0.1) is 0 Å². The molecule has 0 saturated carbocycles. The summed E-state index contributed by atoms with van der Waals surface area (Å²) in [5.41, 5.74) is 0.428. The lowest BCUT2D eigenvalue weighted by Crippen LogP contribution is -2.32. The standard InChI is InChI=1S/C12H15Cl2NO/c1-3-4-8(2)15-12(16)10-7-9(13)5-6-11(10)14/h5-8H,3-4H2,1-2H3,(H,15,16). The van der Waals surface area contributed by atoms with Gasteiger partial charge in [-0.1, -0.05) is 36.5 Å². The largest absolute Gasteiger partial charge is 0.350 e. The number of amides is 1. The third-order valence-corrected chi connectivity index (χ3v) is 2.84. The first-order valence-corrected chi connectivity index (χ1v) is 6.06. The number of nitrogens with one attached hydrogen (secondary N) is 1. The zero-order chi connectivity index (χ0) is 12.1. The molecule has 0 bridgehead atoms. The summed E-state index contributed by atoms with van der Waals surface area (Å²) in [6, 6.07) is 5.02. The predicted octanol–water partition coefficient (Wildman–Crippen LogP) is 3.91. The molecule has 1 amide bonds. The normalized spacial score (nSPS) is 12.2. The monoisotopic (exact) mass is 259 g/mol. The van der Waals surface area contributed by atoms with E-state index in [0.29, 0.717) is 15.6 Å². The van der Waals surface area contributed by atoms with Crippen molar-refractivity contribution in [2.45, 2.75) is 32.7 Å². The molecule has 1 rings (SSSR count). The van der Waals surface area contributed by atoms with Crippen molar-refractivity contribution in [1.82, 2.24) is 5.32 Å². The molecule has 1 N–H and O–H groups in total. The quantitative estimate of drug-likeness (QED) is 0.873. The molecule has 88 valence electrons. The Kier molecular flexibility index (Phi) is 5.10. The number of hydrogen-bond donors (Lipinski definition) is 1. The second-order valence-corrected chi connectivity index (χ2v) is 4.63. The molecule has 1 aromatic carbocycles. The number of halogens is 2. The van der Waals surface area contributed by atoms with Gasteiger partial charge >= 0.3 is 0 Å². The fraction of sp³-hybridized carbons (Fsp3) is 0.417. The van der Waals surface area contributed by atoms with Crippen LogP contribution in [0.15, 0.2) is 18.2 Å². The summed E-state index contributed by atoms with van der Waals surface area (Å²) in [6.07, 6.45) is 1.98. The van der Waals surface area contributed by atoms with Crippen LogP contribution in [0.25, 0.3) is 0 Å². The van der Waals surface area contributed by atoms with Crippen molar-refractivity contribution in [3.63, 3.8) is 0 Å². The molecule has 4 heteroatoms. The molecule has 2 nitrogen and oxygen atoms in total. The van der Waals surface area contributed by atoms with E-state index in [1.165, 1.54) is 0 Å². The maximum Gasteiger partial charge on any atom is 0.253 e. The van der Waals surface area contributed by atoms with E-state index in [2.05, 4.69) is 12.2 Å². The Morgan fingerprint density at radius 1 is 1.44 bits per heavy atom. The molecule has 0 aliphatic heterocycles. The summed E-state index contributed by atoms with van der Waals surface area (Å²) in [5, 5.41) is 3.82. The predicted molar refractivity (Wildman–Crippen MR) is 68.3 cm³/mol. The molecule has 0 aliphatic rings. The van der Waals surface area contributed by atoms with Gasteiger partial charge in [0.2, 0.25) is 0 Å². The van der Waals surface area contributed by atoms with Gasteiger partial charge in [0.15, 0.2) is 0 Å². The summed E-state index contributed by atoms with van der Waals surface area (Å²) in [7, 11) is 0. The van der Waals surface area contributed by atoms with E-state index in [0.717, 1.165) is 12.8 Å². The summed E-state index contributed by atoms with van der Waals surface area (Å²) in [6.45, 7) is 4.05. The highest BCUT2D eigenvalue weighted by molar-refractivity contribution is 6.35. The van der Waals surface area contributed by atoms with Gasteiger partial charge in [-0.05, 0) is 31.5 Å². The van der Waals surface area contributed by atoms with Crippen molar-refractivity contribution in [3.8, 4) is 0 Å². The molecule has 0 fully saturated rings. The van der Waals surface area contributed by atoms with Gasteiger partial charge < -0.3 is 5.32 Å². The fourth-order valence-corrected chi connectivity index (χ4v) is 1.85. The van der Waals surface area contributed by atoms with E-state index < -0.39 is 0 Å². The number of rotatable bonds is 4. The molecule has 16 heavy (non-hydrogen) atoms. The lowest BCUT2D eigenvalue weighted by molar-refractivity contribution is 0.0938. The Balaban J connectivity index is 2.76. The molecule has 0 radical (unpaired) electrons. The molecule has 1 atom stereocenters. The minimum absolute atomic E-state index is 0.146. The maximum atomic E-state index is 11.8. The van der Waals surface area contributed by atoms with E-state index in [9.17, 15) is 4.79 Å². The van der Waals surface area contributed by atoms with E-state index in [1.807, 2.05) is 6.92 Å². The van der Waals surface area contributed by atoms with Crippen molar-refractivity contribution in [3.05, 3.63) is 33.8 Å². The van der Waals surface area contributed by atoms with Gasteiger partial charge in [0, 0.05) is 11.1 Å². The number of carbonyl (C=O) groups is 1. The molecular weight excluding hydrogens is 245 g/mol. The van der Waals surface area contributed by atoms with E-state index >= 15 is 0 Å². The average molecular weight is 260 g/mol. The number of hydrogen-bond acceptors (Lipinski definition) is 1. The van der Waals surface area contributed by atoms with Crippen molar-refractivity contribution in [2.24, 2.45) is 0 Å². The summed E-state index contributed by atoms with van der Waals surface area (Å²) in [4.78, 5) is 11.8. The van der Waals surface area contributed by atoms with E-state index in [4.69, 9.17) is 23.2 Å². The molecule has 0 spiro atoms. The maximum absolute atomic E-state index is 11.8. The number of carbonyl (C=O) groups excluding carboxylic acids is 1. The highest BCUT2D eigenvalue weighted by atomic mass is 35.5. The van der Waals surface area contributed by atoms with Gasteiger partial charge in [-0.2, -0.15) is 0 Å². The summed E-state index contributed by atoms with van der Waals surface area (Å²) < 4.78 is 0. The van der Waals surface area contributed by atoms with Gasteiger partial charge in [0.1, 0.15) is 0 Å². The van der Waals surface area contributed by atoms with Crippen LogP contribution >= 0.6 is 23.2 Å². The van der Waals surface area contributed by atoms with Crippen LogP contribution in [0.3, 0.4) is 0 Å². The Bertz CT molecular complexity index is 379. The lowest BCUT2D eigenvalue weighted by Gasteiger charge is -2.13. The Morgan fingerprint density at radius 2 is 2.12 bits per heavy atom. The Morgan fingerprint density at radius 3 is 2.75 bits per heavy atom. The van der Waals surface area contributed by atoms with Crippen LogP contribution in [-0.2, 0) is 0 Å². The number of benzene rings is 1. The van der Waals surface area contributed by atoms with Crippen LogP contribution in [0.4, 0.5) is 0 Å². The minimum atomic E-state index is -0.173. The molecule has 0 heterocycles. The average Bonchev–Trinajstić information content (AvgIpc) is 2.21. The van der Waals surface area contributed by atoms with Gasteiger partial charge in [-0.15, -0.1) is 0 Å². The first-order valence-electron chi connectivity index (χ1n) is 5.30. The SMILES string of the molecule is CCCC(C)NC(=O)c1cc(Cl)ccc1Cl. The Hall–Kier alpha value is -0.730. The molecule has 0 aliphatic carbocycles. The van der Waals surface area contributed by atoms with Gasteiger partial charge in [0.25, 0.3) is 5.91 Å². The first-order chi connectivity index (χ1) is 7.54. The zero-order valence-electron chi connectivity index (χ0n) is 9.39. The highest BCUT2D eigenvalue weighted by Crippen LogP contribution is 2.20. The molecule has 0 aromatic heterocycles. The first kappa shape index (κ1) is 13.3. The van der Waals surface area contributed by atoms with Crippen LogP contribution in [-0.4, -0.2) is 11.9 Å². The zero-order valence-corrected chi connectivity index (χ0v) is 10.9. The van der Waals surface area contributed by atoms with Crippen LogP contribution in [0.1, 0.15) is 37.0 Å². The van der Waals surface area contributed by atoms with Gasteiger partial charge in [-0.3, -0.25) is 4.79 Å². The van der Waals surface area contributed by atoms with Crippen molar-refractivity contribution >= 4 is 29.1 Å². The molecule has 1 unspecified atom stereocenters. The highest BCUT2D eigenvalue weighted by Gasteiger charge is 2.12. The minimum Gasteiger partial charge on any atom is -0.350 e. The molecule has 1 aromatic rings. The van der Waals surface area contributed by atoms with Crippen molar-refractivity contribution in [1.29, 1.82) is 0 Å². The van der Waals surface area contributed by atoms with Crippen LogP contribution in [0.5, 0.6) is 0 Å². The third-order valence-electron chi connectivity index (χ3n) is 2.27. The van der Waals surface area contributed by atoms with Crippen molar-refractivity contribution < 1.29 is 4.79 Å². The fourth-order valence-electron chi connectivity index (χ4n) is 1.48. The van der Waals surface area contributed by atoms with Gasteiger partial charge in [-0.25, -0.2) is 0 Å². The molecule has 0 saturated heterocycles. The molecular formula is C12H15Cl2NO. The smallest absolute Gasteiger partial charge is 0.253 e.